The Morgan fingerprint density at radius 2 is 1.83 bits per heavy atom. The van der Waals surface area contributed by atoms with Crippen LogP contribution in [0.15, 0.2) is 30.5 Å². The Balaban J connectivity index is 2.25. The van der Waals surface area contributed by atoms with Gasteiger partial charge in [-0.15, -0.1) is 0 Å². The summed E-state index contributed by atoms with van der Waals surface area (Å²) in [6.07, 6.45) is 1.75. The maximum absolute atomic E-state index is 5.79. The van der Waals surface area contributed by atoms with Gasteiger partial charge in [-0.1, -0.05) is 6.07 Å². The van der Waals surface area contributed by atoms with Crippen LogP contribution in [0, 0.1) is 20.8 Å². The molecule has 1 aromatic heterocycles. The third kappa shape index (κ3) is 2.68. The second-order valence-electron chi connectivity index (χ2n) is 4.52. The Bertz CT molecular complexity index is 564. The van der Waals surface area contributed by atoms with Gasteiger partial charge in [-0.25, -0.2) is 4.98 Å². The van der Waals surface area contributed by atoms with E-state index in [1.54, 1.807) is 6.20 Å². The van der Waals surface area contributed by atoms with Crippen LogP contribution in [0.25, 0.3) is 0 Å². The van der Waals surface area contributed by atoms with E-state index in [-0.39, 0.29) is 0 Å². The first-order valence-corrected chi connectivity index (χ1v) is 6.01. The summed E-state index contributed by atoms with van der Waals surface area (Å²) in [5.74, 6) is 1.45. The monoisotopic (exact) mass is 242 g/mol. The van der Waals surface area contributed by atoms with Gasteiger partial charge in [0, 0.05) is 18.3 Å². The van der Waals surface area contributed by atoms with Gasteiger partial charge in [0.2, 0.25) is 5.88 Å². The van der Waals surface area contributed by atoms with Gasteiger partial charge in [0.15, 0.2) is 0 Å². The fraction of sp³-hybridized carbons (Fsp3) is 0.267. The third-order valence-corrected chi connectivity index (χ3v) is 3.02. The lowest BCUT2D eigenvalue weighted by Crippen LogP contribution is -1.99. The molecule has 2 aromatic rings. The fourth-order valence-corrected chi connectivity index (χ4v) is 1.73. The molecule has 1 aromatic carbocycles. The molecule has 94 valence electrons. The molecule has 3 heteroatoms. The van der Waals surface area contributed by atoms with E-state index >= 15 is 0 Å². The van der Waals surface area contributed by atoms with E-state index in [1.165, 1.54) is 11.1 Å². The minimum absolute atomic E-state index is 0.498. The zero-order chi connectivity index (χ0) is 13.1. The highest BCUT2D eigenvalue weighted by Gasteiger charge is 2.05. The molecular formula is C15H18N2O. The molecule has 0 fully saturated rings. The summed E-state index contributed by atoms with van der Waals surface area (Å²) in [4.78, 5) is 4.29. The average molecular weight is 242 g/mol. The lowest BCUT2D eigenvalue weighted by atomic mass is 10.1. The number of hydrogen-bond acceptors (Lipinski definition) is 3. The zero-order valence-electron chi connectivity index (χ0n) is 11.0. The van der Waals surface area contributed by atoms with E-state index in [0.717, 1.165) is 16.9 Å². The third-order valence-electron chi connectivity index (χ3n) is 3.02. The van der Waals surface area contributed by atoms with Crippen LogP contribution in [0.5, 0.6) is 11.6 Å². The van der Waals surface area contributed by atoms with Gasteiger partial charge in [-0.3, -0.25) is 0 Å². The molecule has 0 bridgehead atoms. The molecule has 2 rings (SSSR count). The van der Waals surface area contributed by atoms with E-state index in [9.17, 15) is 0 Å². The molecule has 2 N–H and O–H groups in total. The van der Waals surface area contributed by atoms with Crippen molar-refractivity contribution in [1.29, 1.82) is 0 Å². The summed E-state index contributed by atoms with van der Waals surface area (Å²) in [7, 11) is 0. The lowest BCUT2D eigenvalue weighted by Gasteiger charge is -2.10. The summed E-state index contributed by atoms with van der Waals surface area (Å²) in [6.45, 7) is 6.62. The zero-order valence-corrected chi connectivity index (χ0v) is 11.0. The summed E-state index contributed by atoms with van der Waals surface area (Å²) >= 11 is 0. The molecule has 0 atom stereocenters. The van der Waals surface area contributed by atoms with E-state index in [0.29, 0.717) is 12.4 Å². The number of ether oxygens (including phenoxy) is 1. The number of benzene rings is 1. The Labute approximate surface area is 108 Å². The molecule has 3 nitrogen and oxygen atoms in total. The normalized spacial score (nSPS) is 10.4. The fourth-order valence-electron chi connectivity index (χ4n) is 1.73. The van der Waals surface area contributed by atoms with Crippen molar-refractivity contribution in [3.63, 3.8) is 0 Å². The minimum atomic E-state index is 0.498. The summed E-state index contributed by atoms with van der Waals surface area (Å²) < 4.78 is 5.79. The number of aryl methyl sites for hydroxylation is 3. The number of pyridine rings is 1. The first-order chi connectivity index (χ1) is 8.60. The smallest absolute Gasteiger partial charge is 0.222 e. The number of nitrogens with two attached hydrogens (primary N) is 1. The molecular weight excluding hydrogens is 224 g/mol. The number of nitrogens with zero attached hydrogens (tertiary/aromatic N) is 1. The molecule has 0 unspecified atom stereocenters. The van der Waals surface area contributed by atoms with Crippen LogP contribution in [0.4, 0.5) is 0 Å². The van der Waals surface area contributed by atoms with E-state index in [2.05, 4.69) is 18.8 Å². The van der Waals surface area contributed by atoms with Crippen molar-refractivity contribution in [2.75, 3.05) is 0 Å². The highest BCUT2D eigenvalue weighted by Crippen LogP contribution is 2.24. The van der Waals surface area contributed by atoms with Crippen molar-refractivity contribution in [2.24, 2.45) is 5.73 Å². The van der Waals surface area contributed by atoms with E-state index < -0.39 is 0 Å². The number of rotatable bonds is 3. The Kier molecular flexibility index (Phi) is 3.63. The average Bonchev–Trinajstić information content (AvgIpc) is 2.36. The summed E-state index contributed by atoms with van der Waals surface area (Å²) in [5.41, 5.74) is 10.1. The van der Waals surface area contributed by atoms with Crippen LogP contribution in [0.3, 0.4) is 0 Å². The van der Waals surface area contributed by atoms with Crippen molar-refractivity contribution >= 4 is 0 Å². The topological polar surface area (TPSA) is 48.1 Å². The Morgan fingerprint density at radius 1 is 1.06 bits per heavy atom. The molecule has 18 heavy (non-hydrogen) atoms. The van der Waals surface area contributed by atoms with E-state index in [1.807, 2.05) is 31.2 Å². The van der Waals surface area contributed by atoms with E-state index in [4.69, 9.17) is 10.5 Å². The van der Waals surface area contributed by atoms with Gasteiger partial charge in [0.05, 0.1) is 0 Å². The quantitative estimate of drug-likeness (QED) is 0.898. The molecule has 0 aliphatic carbocycles. The van der Waals surface area contributed by atoms with Crippen LogP contribution in [0.2, 0.25) is 0 Å². The van der Waals surface area contributed by atoms with Crippen LogP contribution >= 0.6 is 0 Å². The molecule has 1 heterocycles. The second-order valence-corrected chi connectivity index (χ2v) is 4.52. The van der Waals surface area contributed by atoms with Gasteiger partial charge in [-0.05, 0) is 55.7 Å². The van der Waals surface area contributed by atoms with Crippen LogP contribution < -0.4 is 10.5 Å². The standard InChI is InChI=1S/C15H18N2O/c1-10-4-5-14(7-11(10)2)18-15-12(3)6-13(8-16)9-17-15/h4-7,9H,8,16H2,1-3H3. The first kappa shape index (κ1) is 12.6. The summed E-state index contributed by atoms with van der Waals surface area (Å²) in [6, 6.07) is 8.03. The molecule has 0 saturated heterocycles. The van der Waals surface area contributed by atoms with Gasteiger partial charge in [0.1, 0.15) is 5.75 Å². The SMILES string of the molecule is Cc1ccc(Oc2ncc(CN)cc2C)cc1C. The molecule has 0 aliphatic heterocycles. The highest BCUT2D eigenvalue weighted by molar-refractivity contribution is 5.38. The van der Waals surface area contributed by atoms with Crippen molar-refractivity contribution < 1.29 is 4.74 Å². The predicted octanol–water partition coefficient (Wildman–Crippen LogP) is 3.26. The van der Waals surface area contributed by atoms with Crippen molar-refractivity contribution in [2.45, 2.75) is 27.3 Å². The lowest BCUT2D eigenvalue weighted by molar-refractivity contribution is 0.458. The van der Waals surface area contributed by atoms with Crippen LogP contribution in [-0.2, 0) is 6.54 Å². The van der Waals surface area contributed by atoms with Crippen LogP contribution in [0.1, 0.15) is 22.3 Å². The van der Waals surface area contributed by atoms with Gasteiger partial charge in [0.25, 0.3) is 0 Å². The summed E-state index contributed by atoms with van der Waals surface area (Å²) in [5, 5.41) is 0. The Morgan fingerprint density at radius 3 is 2.44 bits per heavy atom. The highest BCUT2D eigenvalue weighted by atomic mass is 16.5. The van der Waals surface area contributed by atoms with Crippen molar-refractivity contribution in [3.05, 3.63) is 52.7 Å². The van der Waals surface area contributed by atoms with Gasteiger partial charge >= 0.3 is 0 Å². The second kappa shape index (κ2) is 5.19. The maximum Gasteiger partial charge on any atom is 0.222 e. The molecule has 0 amide bonds. The molecule has 0 saturated carbocycles. The molecule has 0 radical (unpaired) electrons. The minimum Gasteiger partial charge on any atom is -0.439 e. The van der Waals surface area contributed by atoms with Crippen LogP contribution in [-0.4, -0.2) is 4.98 Å². The van der Waals surface area contributed by atoms with Gasteiger partial charge < -0.3 is 10.5 Å². The number of hydrogen-bond donors (Lipinski definition) is 1. The van der Waals surface area contributed by atoms with Crippen molar-refractivity contribution in [1.82, 2.24) is 4.98 Å². The first-order valence-electron chi connectivity index (χ1n) is 6.01. The number of aromatic nitrogens is 1. The predicted molar refractivity (Wildman–Crippen MR) is 72.9 cm³/mol. The Hall–Kier alpha value is -1.87. The maximum atomic E-state index is 5.79. The van der Waals surface area contributed by atoms with Crippen molar-refractivity contribution in [3.8, 4) is 11.6 Å². The molecule has 0 spiro atoms. The largest absolute Gasteiger partial charge is 0.439 e. The molecule has 0 aliphatic rings. The van der Waals surface area contributed by atoms with Gasteiger partial charge in [-0.2, -0.15) is 0 Å².